The molecule has 6 heteroatoms. The first-order valence-corrected chi connectivity index (χ1v) is 9.93. The summed E-state index contributed by atoms with van der Waals surface area (Å²) >= 11 is 0. The lowest BCUT2D eigenvalue weighted by atomic mass is 10.00. The molecule has 31 heavy (non-hydrogen) atoms. The molecule has 0 saturated carbocycles. The van der Waals surface area contributed by atoms with Crippen molar-refractivity contribution in [3.8, 4) is 17.2 Å². The number of carbonyl (C=O) groups excluding carboxylic acids is 2. The van der Waals surface area contributed by atoms with Crippen LogP contribution in [0.15, 0.2) is 60.7 Å². The quantitative estimate of drug-likeness (QED) is 0.414. The average Bonchev–Trinajstić information content (AvgIpc) is 2.80. The number of methoxy groups -OCH3 is 2. The van der Waals surface area contributed by atoms with E-state index in [4.69, 9.17) is 14.2 Å². The van der Waals surface area contributed by atoms with Crippen LogP contribution in [-0.4, -0.2) is 39.1 Å². The normalized spacial score (nSPS) is 10.8. The maximum atomic E-state index is 12.9. The van der Waals surface area contributed by atoms with E-state index in [0.717, 1.165) is 22.1 Å². The summed E-state index contributed by atoms with van der Waals surface area (Å²) in [5.74, 6) is 1.34. The monoisotopic (exact) mass is 419 g/mol. The zero-order valence-electron chi connectivity index (χ0n) is 17.8. The van der Waals surface area contributed by atoms with E-state index >= 15 is 0 Å². The molecule has 6 nitrogen and oxygen atoms in total. The van der Waals surface area contributed by atoms with Gasteiger partial charge in [-0.2, -0.15) is 0 Å². The molecule has 0 aliphatic rings. The first-order chi connectivity index (χ1) is 15.1. The molecule has 0 unspecified atom stereocenters. The summed E-state index contributed by atoms with van der Waals surface area (Å²) in [6, 6.07) is 16.5. The van der Waals surface area contributed by atoms with E-state index in [1.807, 2.05) is 31.2 Å². The van der Waals surface area contributed by atoms with Gasteiger partial charge in [-0.3, -0.25) is 9.59 Å². The second-order valence-electron chi connectivity index (χ2n) is 6.71. The second kappa shape index (κ2) is 10.3. The number of carbonyl (C=O) groups is 2. The number of allylic oxidation sites excluding steroid dienone is 1. The molecule has 3 aromatic rings. The Balaban J connectivity index is 1.80. The van der Waals surface area contributed by atoms with Crippen LogP contribution in [0.1, 0.15) is 22.8 Å². The number of likely N-dealkylation sites (N-methyl/N-ethyl adjacent to an activating group) is 1. The molecule has 3 rings (SSSR count). The maximum absolute atomic E-state index is 12.9. The molecule has 160 valence electrons. The fraction of sp³-hybridized carbons (Fsp3) is 0.200. The minimum absolute atomic E-state index is 0.0948. The van der Waals surface area contributed by atoms with Crippen LogP contribution < -0.4 is 19.5 Å². The highest BCUT2D eigenvalue weighted by atomic mass is 16.5. The van der Waals surface area contributed by atoms with Gasteiger partial charge in [0.2, 0.25) is 0 Å². The van der Waals surface area contributed by atoms with Crippen LogP contribution >= 0.6 is 0 Å². The molecule has 0 aliphatic carbocycles. The standard InChI is InChI=1S/C25H25NO5/c1-4-26-25(28)16-31-23-13-10-17(15-24(23)30-3)9-12-21(27)19-11-14-22(29-2)20-8-6-5-7-18(19)20/h5-15H,4,16H2,1-3H3,(H,26,28)/b12-9+. The number of fused-ring (bicyclic) bond motifs is 1. The van der Waals surface area contributed by atoms with Crippen LogP contribution in [0.25, 0.3) is 16.8 Å². The van der Waals surface area contributed by atoms with E-state index in [1.54, 1.807) is 43.5 Å². The first kappa shape index (κ1) is 21.9. The van der Waals surface area contributed by atoms with Crippen LogP contribution in [0, 0.1) is 0 Å². The molecule has 1 N–H and O–H groups in total. The molecule has 0 aromatic heterocycles. The average molecular weight is 419 g/mol. The van der Waals surface area contributed by atoms with Gasteiger partial charge in [0.25, 0.3) is 5.91 Å². The lowest BCUT2D eigenvalue weighted by Crippen LogP contribution is -2.28. The topological polar surface area (TPSA) is 73.9 Å². The molecule has 0 bridgehead atoms. The maximum Gasteiger partial charge on any atom is 0.257 e. The molecule has 3 aromatic carbocycles. The van der Waals surface area contributed by atoms with Gasteiger partial charge < -0.3 is 19.5 Å². The third-order valence-electron chi connectivity index (χ3n) is 4.72. The van der Waals surface area contributed by atoms with Crippen molar-refractivity contribution in [3.63, 3.8) is 0 Å². The number of rotatable bonds is 9. The van der Waals surface area contributed by atoms with Crippen molar-refractivity contribution in [3.05, 3.63) is 71.8 Å². The van der Waals surface area contributed by atoms with Gasteiger partial charge in [0.05, 0.1) is 14.2 Å². The van der Waals surface area contributed by atoms with Crippen molar-refractivity contribution in [2.75, 3.05) is 27.4 Å². The molecule has 0 radical (unpaired) electrons. The van der Waals surface area contributed by atoms with E-state index in [1.165, 1.54) is 13.2 Å². The number of hydrogen-bond donors (Lipinski definition) is 1. The van der Waals surface area contributed by atoms with Gasteiger partial charge in [0, 0.05) is 17.5 Å². The molecule has 0 saturated heterocycles. The summed E-state index contributed by atoms with van der Waals surface area (Å²) in [6.45, 7) is 2.29. The van der Waals surface area contributed by atoms with E-state index in [-0.39, 0.29) is 18.3 Å². The Kier molecular flexibility index (Phi) is 7.27. The Hall–Kier alpha value is -3.80. The number of benzene rings is 3. The van der Waals surface area contributed by atoms with Gasteiger partial charge in [-0.15, -0.1) is 0 Å². The van der Waals surface area contributed by atoms with Gasteiger partial charge in [0.1, 0.15) is 5.75 Å². The Morgan fingerprint density at radius 2 is 1.61 bits per heavy atom. The highest BCUT2D eigenvalue weighted by Gasteiger charge is 2.11. The first-order valence-electron chi connectivity index (χ1n) is 9.93. The molecular weight excluding hydrogens is 394 g/mol. The van der Waals surface area contributed by atoms with Crippen LogP contribution in [0.4, 0.5) is 0 Å². The van der Waals surface area contributed by atoms with Gasteiger partial charge >= 0.3 is 0 Å². The van der Waals surface area contributed by atoms with E-state index in [9.17, 15) is 9.59 Å². The molecule has 0 heterocycles. The van der Waals surface area contributed by atoms with Crippen molar-refractivity contribution in [1.29, 1.82) is 0 Å². The van der Waals surface area contributed by atoms with Crippen molar-refractivity contribution < 1.29 is 23.8 Å². The summed E-state index contributed by atoms with van der Waals surface area (Å²) in [5, 5.41) is 4.40. The zero-order valence-corrected chi connectivity index (χ0v) is 17.8. The van der Waals surface area contributed by atoms with E-state index < -0.39 is 0 Å². The molecule has 0 aliphatic heterocycles. The summed E-state index contributed by atoms with van der Waals surface area (Å²) in [4.78, 5) is 24.5. The van der Waals surface area contributed by atoms with E-state index in [2.05, 4.69) is 5.32 Å². The van der Waals surface area contributed by atoms with Crippen molar-refractivity contribution in [2.45, 2.75) is 6.92 Å². The summed E-state index contributed by atoms with van der Waals surface area (Å²) in [5.41, 5.74) is 1.37. The molecule has 0 spiro atoms. The van der Waals surface area contributed by atoms with Crippen LogP contribution in [0.5, 0.6) is 17.2 Å². The number of hydrogen-bond acceptors (Lipinski definition) is 5. The van der Waals surface area contributed by atoms with Crippen LogP contribution in [0.3, 0.4) is 0 Å². The van der Waals surface area contributed by atoms with Crippen molar-refractivity contribution >= 4 is 28.5 Å². The highest BCUT2D eigenvalue weighted by Crippen LogP contribution is 2.30. The third-order valence-corrected chi connectivity index (χ3v) is 4.72. The summed E-state index contributed by atoms with van der Waals surface area (Å²) in [6.07, 6.45) is 3.25. The minimum atomic E-state index is -0.203. The van der Waals surface area contributed by atoms with Gasteiger partial charge in [-0.25, -0.2) is 0 Å². The lowest BCUT2D eigenvalue weighted by Gasteiger charge is -2.11. The summed E-state index contributed by atoms with van der Waals surface area (Å²) in [7, 11) is 3.14. The Labute approximate surface area is 181 Å². The predicted octanol–water partition coefficient (Wildman–Crippen LogP) is 4.27. The number of amides is 1. The molecular formula is C25H25NO5. The van der Waals surface area contributed by atoms with E-state index in [0.29, 0.717) is 23.6 Å². The van der Waals surface area contributed by atoms with Crippen LogP contribution in [0.2, 0.25) is 0 Å². The predicted molar refractivity (Wildman–Crippen MR) is 121 cm³/mol. The van der Waals surface area contributed by atoms with Gasteiger partial charge in [-0.05, 0) is 48.2 Å². The zero-order chi connectivity index (χ0) is 22.2. The fourth-order valence-corrected chi connectivity index (χ4v) is 3.22. The number of ketones is 1. The number of ether oxygens (including phenoxy) is 3. The number of nitrogens with one attached hydrogen (secondary N) is 1. The molecule has 0 atom stereocenters. The Morgan fingerprint density at radius 3 is 2.32 bits per heavy atom. The van der Waals surface area contributed by atoms with Crippen LogP contribution in [-0.2, 0) is 4.79 Å². The highest BCUT2D eigenvalue weighted by molar-refractivity contribution is 6.15. The third kappa shape index (κ3) is 5.22. The molecule has 1 amide bonds. The Bertz CT molecular complexity index is 1120. The Morgan fingerprint density at radius 1 is 0.903 bits per heavy atom. The summed E-state index contributed by atoms with van der Waals surface area (Å²) < 4.78 is 16.3. The lowest BCUT2D eigenvalue weighted by molar-refractivity contribution is -0.123. The SMILES string of the molecule is CCNC(=O)COc1ccc(/C=C/C(=O)c2ccc(OC)c3ccccc23)cc1OC. The second-order valence-corrected chi connectivity index (χ2v) is 6.71. The van der Waals surface area contributed by atoms with Gasteiger partial charge in [0.15, 0.2) is 23.9 Å². The minimum Gasteiger partial charge on any atom is -0.496 e. The smallest absolute Gasteiger partial charge is 0.257 e. The largest absolute Gasteiger partial charge is 0.496 e. The molecule has 0 fully saturated rings. The fourth-order valence-electron chi connectivity index (χ4n) is 3.22. The van der Waals surface area contributed by atoms with Crippen molar-refractivity contribution in [1.82, 2.24) is 5.32 Å². The van der Waals surface area contributed by atoms with Crippen molar-refractivity contribution in [2.24, 2.45) is 0 Å². The van der Waals surface area contributed by atoms with Gasteiger partial charge in [-0.1, -0.05) is 36.4 Å².